The summed E-state index contributed by atoms with van der Waals surface area (Å²) >= 11 is 5.98. The van der Waals surface area contributed by atoms with E-state index in [9.17, 15) is 0 Å². The van der Waals surface area contributed by atoms with E-state index in [0.29, 0.717) is 10.6 Å². The third kappa shape index (κ3) is 2.43. The molecule has 0 saturated carbocycles. The second kappa shape index (κ2) is 4.95. The number of nitrogens with one attached hydrogen (secondary N) is 1. The third-order valence-electron chi connectivity index (χ3n) is 3.48. The molecule has 0 atom stereocenters. The van der Waals surface area contributed by atoms with Gasteiger partial charge in [0.05, 0.1) is 11.3 Å². The molecular formula is C16H13ClN2. The van der Waals surface area contributed by atoms with Crippen molar-refractivity contribution >= 4 is 23.0 Å². The highest BCUT2D eigenvalue weighted by molar-refractivity contribution is 6.30. The van der Waals surface area contributed by atoms with E-state index in [1.807, 2.05) is 0 Å². The number of hydrogen-bond acceptors (Lipinski definition) is 2. The van der Waals surface area contributed by atoms with Crippen LogP contribution < -0.4 is 5.32 Å². The quantitative estimate of drug-likeness (QED) is 0.874. The van der Waals surface area contributed by atoms with Gasteiger partial charge in [0, 0.05) is 10.7 Å². The lowest BCUT2D eigenvalue weighted by Gasteiger charge is -2.10. The highest BCUT2D eigenvalue weighted by atomic mass is 35.5. The first kappa shape index (κ1) is 12.1. The predicted molar refractivity (Wildman–Crippen MR) is 77.9 cm³/mol. The summed E-state index contributed by atoms with van der Waals surface area (Å²) in [6.45, 7) is 0. The van der Waals surface area contributed by atoms with E-state index in [0.717, 1.165) is 17.8 Å². The van der Waals surface area contributed by atoms with E-state index < -0.39 is 0 Å². The fourth-order valence-electron chi connectivity index (χ4n) is 2.52. The molecule has 3 heteroatoms. The van der Waals surface area contributed by atoms with Crippen molar-refractivity contribution < 1.29 is 0 Å². The van der Waals surface area contributed by atoms with Crippen molar-refractivity contribution in [3.63, 3.8) is 0 Å². The maximum absolute atomic E-state index is 9.11. The number of halogens is 1. The molecule has 2 nitrogen and oxygen atoms in total. The molecular weight excluding hydrogens is 256 g/mol. The zero-order chi connectivity index (χ0) is 13.2. The van der Waals surface area contributed by atoms with Crippen molar-refractivity contribution in [3.05, 3.63) is 58.1 Å². The van der Waals surface area contributed by atoms with Crippen LogP contribution in [0.4, 0.5) is 11.4 Å². The summed E-state index contributed by atoms with van der Waals surface area (Å²) in [6, 6.07) is 13.8. The maximum atomic E-state index is 9.11. The van der Waals surface area contributed by atoms with Gasteiger partial charge >= 0.3 is 0 Å². The summed E-state index contributed by atoms with van der Waals surface area (Å²) in [7, 11) is 0. The average Bonchev–Trinajstić information content (AvgIpc) is 2.86. The van der Waals surface area contributed by atoms with Crippen LogP contribution in [0.1, 0.15) is 23.1 Å². The summed E-state index contributed by atoms with van der Waals surface area (Å²) in [4.78, 5) is 0. The molecule has 0 radical (unpaired) electrons. The number of hydrogen-bond donors (Lipinski definition) is 1. The Balaban J connectivity index is 1.93. The van der Waals surface area contributed by atoms with Gasteiger partial charge in [0.15, 0.2) is 0 Å². The standard InChI is InChI=1S/C16H13ClN2/c17-14-6-4-13(10-18)16(9-14)19-15-7-5-11-2-1-3-12(11)8-15/h4-9,19H,1-3H2. The lowest BCUT2D eigenvalue weighted by molar-refractivity contribution is 0.912. The number of benzene rings is 2. The number of nitrogens with zero attached hydrogens (tertiary/aromatic N) is 1. The second-order valence-corrected chi connectivity index (χ2v) is 5.20. The summed E-state index contributed by atoms with van der Waals surface area (Å²) in [5.74, 6) is 0. The van der Waals surface area contributed by atoms with Crippen LogP contribution in [0.15, 0.2) is 36.4 Å². The Morgan fingerprint density at radius 2 is 1.89 bits per heavy atom. The van der Waals surface area contributed by atoms with E-state index in [-0.39, 0.29) is 0 Å². The third-order valence-corrected chi connectivity index (χ3v) is 3.71. The molecule has 3 rings (SSSR count). The van der Waals surface area contributed by atoms with Crippen molar-refractivity contribution in [2.75, 3.05) is 5.32 Å². The molecule has 0 aromatic heterocycles. The Labute approximate surface area is 117 Å². The van der Waals surface area contributed by atoms with Gasteiger partial charge in [-0.2, -0.15) is 5.26 Å². The Morgan fingerprint density at radius 1 is 1.05 bits per heavy atom. The van der Waals surface area contributed by atoms with Crippen molar-refractivity contribution in [2.45, 2.75) is 19.3 Å². The molecule has 2 aromatic carbocycles. The zero-order valence-corrected chi connectivity index (χ0v) is 11.2. The first-order chi connectivity index (χ1) is 9.26. The molecule has 0 unspecified atom stereocenters. The van der Waals surface area contributed by atoms with Crippen LogP contribution in [0.2, 0.25) is 5.02 Å². The number of anilines is 2. The van der Waals surface area contributed by atoms with E-state index in [2.05, 4.69) is 29.6 Å². The number of fused-ring (bicyclic) bond motifs is 1. The van der Waals surface area contributed by atoms with Gasteiger partial charge in [-0.3, -0.25) is 0 Å². The number of aryl methyl sites for hydroxylation is 2. The SMILES string of the molecule is N#Cc1ccc(Cl)cc1Nc1ccc2c(c1)CCC2. The molecule has 0 fully saturated rings. The molecule has 1 N–H and O–H groups in total. The smallest absolute Gasteiger partial charge is 0.101 e. The van der Waals surface area contributed by atoms with Crippen LogP contribution in [0.5, 0.6) is 0 Å². The second-order valence-electron chi connectivity index (χ2n) is 4.76. The molecule has 2 aromatic rings. The minimum Gasteiger partial charge on any atom is -0.354 e. The van der Waals surface area contributed by atoms with Gasteiger partial charge in [0.25, 0.3) is 0 Å². The molecule has 1 aliphatic rings. The van der Waals surface area contributed by atoms with Crippen LogP contribution in [-0.4, -0.2) is 0 Å². The highest BCUT2D eigenvalue weighted by Gasteiger charge is 2.11. The molecule has 0 spiro atoms. The summed E-state index contributed by atoms with van der Waals surface area (Å²) < 4.78 is 0. The molecule has 0 bridgehead atoms. The van der Waals surface area contributed by atoms with Crippen molar-refractivity contribution in [1.29, 1.82) is 5.26 Å². The Hall–Kier alpha value is -1.98. The molecule has 0 heterocycles. The maximum Gasteiger partial charge on any atom is 0.101 e. The van der Waals surface area contributed by atoms with Gasteiger partial charge in [-0.1, -0.05) is 17.7 Å². The minimum atomic E-state index is 0.602. The first-order valence-corrected chi connectivity index (χ1v) is 6.72. The van der Waals surface area contributed by atoms with Crippen LogP contribution in [0.3, 0.4) is 0 Å². The summed E-state index contributed by atoms with van der Waals surface area (Å²) in [5.41, 5.74) is 5.22. The normalized spacial score (nSPS) is 12.8. The van der Waals surface area contributed by atoms with Gasteiger partial charge in [0.2, 0.25) is 0 Å². The monoisotopic (exact) mass is 268 g/mol. The van der Waals surface area contributed by atoms with Crippen LogP contribution in [0.25, 0.3) is 0 Å². The Kier molecular flexibility index (Phi) is 3.15. The molecule has 94 valence electrons. The van der Waals surface area contributed by atoms with Gasteiger partial charge in [-0.25, -0.2) is 0 Å². The molecule has 0 aliphatic heterocycles. The van der Waals surface area contributed by atoms with Crippen LogP contribution in [0, 0.1) is 11.3 Å². The lowest BCUT2D eigenvalue weighted by atomic mass is 10.1. The fourth-order valence-corrected chi connectivity index (χ4v) is 2.69. The van der Waals surface area contributed by atoms with Crippen LogP contribution >= 0.6 is 11.6 Å². The topological polar surface area (TPSA) is 35.8 Å². The Morgan fingerprint density at radius 3 is 2.74 bits per heavy atom. The van der Waals surface area contributed by atoms with Crippen LogP contribution in [-0.2, 0) is 12.8 Å². The molecule has 0 saturated heterocycles. The average molecular weight is 269 g/mol. The van der Waals surface area contributed by atoms with Gasteiger partial charge in [0.1, 0.15) is 6.07 Å². The molecule has 19 heavy (non-hydrogen) atoms. The van der Waals surface area contributed by atoms with E-state index in [1.165, 1.54) is 24.0 Å². The van der Waals surface area contributed by atoms with E-state index in [4.69, 9.17) is 16.9 Å². The van der Waals surface area contributed by atoms with Crippen molar-refractivity contribution in [3.8, 4) is 6.07 Å². The van der Waals surface area contributed by atoms with E-state index in [1.54, 1.807) is 18.2 Å². The summed E-state index contributed by atoms with van der Waals surface area (Å²) in [5, 5.41) is 13.0. The molecule has 0 amide bonds. The largest absolute Gasteiger partial charge is 0.354 e. The molecule has 1 aliphatic carbocycles. The zero-order valence-electron chi connectivity index (χ0n) is 10.4. The summed E-state index contributed by atoms with van der Waals surface area (Å²) in [6.07, 6.45) is 3.56. The van der Waals surface area contributed by atoms with Gasteiger partial charge in [-0.15, -0.1) is 0 Å². The highest BCUT2D eigenvalue weighted by Crippen LogP contribution is 2.28. The fraction of sp³-hybridized carbons (Fsp3) is 0.188. The van der Waals surface area contributed by atoms with Gasteiger partial charge < -0.3 is 5.32 Å². The van der Waals surface area contributed by atoms with Crippen molar-refractivity contribution in [2.24, 2.45) is 0 Å². The minimum absolute atomic E-state index is 0.602. The number of rotatable bonds is 2. The van der Waals surface area contributed by atoms with Gasteiger partial charge in [-0.05, 0) is 60.7 Å². The first-order valence-electron chi connectivity index (χ1n) is 6.35. The predicted octanol–water partition coefficient (Wildman–Crippen LogP) is 4.44. The lowest BCUT2D eigenvalue weighted by Crippen LogP contribution is -1.95. The number of nitriles is 1. The van der Waals surface area contributed by atoms with E-state index >= 15 is 0 Å². The Bertz CT molecular complexity index is 671. The van der Waals surface area contributed by atoms with Crippen molar-refractivity contribution in [1.82, 2.24) is 0 Å².